The molecule has 1 amide bonds. The molecular formula is C24H25N3O8S. The molecule has 190 valence electrons. The highest BCUT2D eigenvalue weighted by Gasteiger charge is 2.24. The van der Waals surface area contributed by atoms with E-state index in [1.165, 1.54) is 14.2 Å². The molecule has 11 nitrogen and oxygen atoms in total. The van der Waals surface area contributed by atoms with Crippen LogP contribution >= 0.6 is 0 Å². The molecular weight excluding hydrogens is 490 g/mol. The summed E-state index contributed by atoms with van der Waals surface area (Å²) in [5, 5.41) is 20.1. The molecule has 0 aliphatic carbocycles. The Morgan fingerprint density at radius 3 is 2.03 bits per heavy atom. The molecule has 0 fully saturated rings. The Bertz CT molecular complexity index is 1380. The highest BCUT2D eigenvalue weighted by Crippen LogP contribution is 2.39. The normalized spacial score (nSPS) is 10.4. The Labute approximate surface area is 207 Å². The van der Waals surface area contributed by atoms with Crippen LogP contribution in [-0.4, -0.2) is 56.3 Å². The van der Waals surface area contributed by atoms with Gasteiger partial charge >= 0.3 is 5.97 Å². The Balaban J connectivity index is 0.000000830. The van der Waals surface area contributed by atoms with Crippen molar-refractivity contribution in [3.8, 4) is 22.6 Å². The quantitative estimate of drug-likeness (QED) is 0.179. The van der Waals surface area contributed by atoms with Crippen molar-refractivity contribution in [3.63, 3.8) is 0 Å². The third kappa shape index (κ3) is 7.29. The average Bonchev–Trinajstić information content (AvgIpc) is 2.82. The van der Waals surface area contributed by atoms with E-state index in [4.69, 9.17) is 25.2 Å². The van der Waals surface area contributed by atoms with E-state index in [1.54, 1.807) is 60.7 Å². The lowest BCUT2D eigenvalue weighted by molar-refractivity contribution is 0.0693. The van der Waals surface area contributed by atoms with E-state index in [2.05, 4.69) is 5.32 Å². The summed E-state index contributed by atoms with van der Waals surface area (Å²) in [5.41, 5.74) is 7.43. The van der Waals surface area contributed by atoms with Gasteiger partial charge < -0.3 is 25.6 Å². The first-order valence-electron chi connectivity index (χ1n) is 10.1. The summed E-state index contributed by atoms with van der Waals surface area (Å²) in [6.07, 6.45) is 0.715. The lowest BCUT2D eigenvalue weighted by Crippen LogP contribution is -2.15. The number of methoxy groups -OCH3 is 2. The van der Waals surface area contributed by atoms with Gasteiger partial charge in [0.15, 0.2) is 11.5 Å². The van der Waals surface area contributed by atoms with Gasteiger partial charge in [0.2, 0.25) is 0 Å². The summed E-state index contributed by atoms with van der Waals surface area (Å²) in [4.78, 5) is 25.0. The van der Waals surface area contributed by atoms with Crippen LogP contribution in [0.4, 0.5) is 5.69 Å². The number of benzene rings is 3. The molecule has 0 aliphatic heterocycles. The molecule has 3 rings (SSSR count). The molecule has 0 spiro atoms. The van der Waals surface area contributed by atoms with Crippen LogP contribution in [0.1, 0.15) is 26.3 Å². The molecule has 0 saturated heterocycles. The third-order valence-electron chi connectivity index (χ3n) is 4.68. The molecule has 0 atom stereocenters. The number of anilines is 1. The molecule has 0 aliphatic rings. The number of nitrogens with one attached hydrogen (secondary N) is 2. The van der Waals surface area contributed by atoms with Crippen LogP contribution in [0.15, 0.2) is 60.7 Å². The summed E-state index contributed by atoms with van der Waals surface area (Å²) in [5.74, 6) is -1.35. The van der Waals surface area contributed by atoms with E-state index >= 15 is 0 Å². The number of amides is 1. The van der Waals surface area contributed by atoms with Crippen molar-refractivity contribution in [2.75, 3.05) is 25.8 Å². The van der Waals surface area contributed by atoms with Gasteiger partial charge in [-0.05, 0) is 48.0 Å². The second-order valence-electron chi connectivity index (χ2n) is 7.25. The average molecular weight is 516 g/mol. The fourth-order valence-corrected chi connectivity index (χ4v) is 3.21. The molecule has 0 aromatic heterocycles. The van der Waals surface area contributed by atoms with Crippen molar-refractivity contribution in [1.82, 2.24) is 0 Å². The standard InChI is InChI=1S/C23H21N3O5.CH4O3S/c1-30-18-12-11-16(19(23(28)29)20(18)31-2)15-5-3-4-6-17(15)22(27)26-14-9-7-13(8-10-14)21(24)25;1-5(2,3)4/h3-12H,1-2H3,(H3,24,25)(H,26,27)(H,28,29);1H3,(H,2,3,4). The maximum absolute atomic E-state index is 13.0. The van der Waals surface area contributed by atoms with Gasteiger partial charge in [-0.25, -0.2) is 4.79 Å². The first-order valence-corrected chi connectivity index (χ1v) is 12.0. The Hall–Kier alpha value is -4.42. The van der Waals surface area contributed by atoms with E-state index in [-0.39, 0.29) is 28.5 Å². The summed E-state index contributed by atoms with van der Waals surface area (Å²) >= 11 is 0. The minimum Gasteiger partial charge on any atom is -0.493 e. The largest absolute Gasteiger partial charge is 0.493 e. The highest BCUT2D eigenvalue weighted by molar-refractivity contribution is 7.85. The first kappa shape index (κ1) is 27.8. The number of carboxylic acids is 1. The van der Waals surface area contributed by atoms with E-state index in [0.717, 1.165) is 0 Å². The van der Waals surface area contributed by atoms with Crippen molar-refractivity contribution in [2.24, 2.45) is 5.73 Å². The molecule has 0 bridgehead atoms. The van der Waals surface area contributed by atoms with E-state index in [9.17, 15) is 23.1 Å². The van der Waals surface area contributed by atoms with Gasteiger partial charge in [0.1, 0.15) is 11.4 Å². The summed E-state index contributed by atoms with van der Waals surface area (Å²) in [6.45, 7) is 0. The molecule has 0 unspecified atom stereocenters. The van der Waals surface area contributed by atoms with Crippen molar-refractivity contribution in [2.45, 2.75) is 0 Å². The highest BCUT2D eigenvalue weighted by atomic mass is 32.2. The number of aromatic carboxylic acids is 1. The van der Waals surface area contributed by atoms with Gasteiger partial charge in [-0.1, -0.05) is 18.2 Å². The number of amidine groups is 1. The van der Waals surface area contributed by atoms with Crippen LogP contribution < -0.4 is 20.5 Å². The Morgan fingerprint density at radius 2 is 1.53 bits per heavy atom. The monoisotopic (exact) mass is 515 g/mol. The molecule has 12 heteroatoms. The summed E-state index contributed by atoms with van der Waals surface area (Å²) in [7, 11) is -0.890. The van der Waals surface area contributed by atoms with Crippen molar-refractivity contribution < 1.29 is 37.1 Å². The zero-order valence-corrected chi connectivity index (χ0v) is 20.4. The fourth-order valence-electron chi connectivity index (χ4n) is 3.21. The predicted octanol–water partition coefficient (Wildman–Crippen LogP) is 3.11. The van der Waals surface area contributed by atoms with Crippen molar-refractivity contribution in [3.05, 3.63) is 77.4 Å². The molecule has 3 aromatic carbocycles. The van der Waals surface area contributed by atoms with E-state index < -0.39 is 22.0 Å². The van der Waals surface area contributed by atoms with E-state index in [0.29, 0.717) is 28.6 Å². The number of carboxylic acid groups (broad SMARTS) is 1. The number of hydrogen-bond acceptors (Lipinski definition) is 7. The molecule has 0 radical (unpaired) electrons. The van der Waals surface area contributed by atoms with Crippen LogP contribution in [0.25, 0.3) is 11.1 Å². The van der Waals surface area contributed by atoms with Gasteiger partial charge in [0.05, 0.1) is 20.5 Å². The SMILES string of the molecule is COc1ccc(-c2ccccc2C(=O)Nc2ccc(C(=N)N)cc2)c(C(=O)O)c1OC.CS(=O)(=O)O. The van der Waals surface area contributed by atoms with Gasteiger partial charge in [0.25, 0.3) is 16.0 Å². The number of hydrogen-bond donors (Lipinski definition) is 5. The van der Waals surface area contributed by atoms with Crippen molar-refractivity contribution >= 4 is 33.5 Å². The zero-order chi connectivity index (χ0) is 27.0. The first-order chi connectivity index (χ1) is 16.9. The lowest BCUT2D eigenvalue weighted by atomic mass is 9.94. The fraction of sp³-hybridized carbons (Fsp3) is 0.125. The molecule has 3 aromatic rings. The summed E-state index contributed by atoms with van der Waals surface area (Å²) < 4.78 is 36.4. The molecule has 0 saturated carbocycles. The number of rotatable bonds is 7. The van der Waals surface area contributed by atoms with E-state index in [1.807, 2.05) is 0 Å². The minimum atomic E-state index is -3.67. The smallest absolute Gasteiger partial charge is 0.340 e. The number of carbonyl (C=O) groups excluding carboxylic acids is 1. The molecule has 0 heterocycles. The Kier molecular flexibility index (Phi) is 9.13. The van der Waals surface area contributed by atoms with Gasteiger partial charge in [0, 0.05) is 22.4 Å². The zero-order valence-electron chi connectivity index (χ0n) is 19.6. The second-order valence-corrected chi connectivity index (χ2v) is 8.72. The van der Waals surface area contributed by atoms with Crippen LogP contribution in [0.5, 0.6) is 11.5 Å². The maximum Gasteiger partial charge on any atom is 0.340 e. The number of ether oxygens (including phenoxy) is 2. The maximum atomic E-state index is 13.0. The molecule has 36 heavy (non-hydrogen) atoms. The Morgan fingerprint density at radius 1 is 0.944 bits per heavy atom. The lowest BCUT2D eigenvalue weighted by Gasteiger charge is -2.16. The number of nitrogen functional groups attached to an aromatic ring is 1. The topological polar surface area (TPSA) is 189 Å². The number of nitrogens with two attached hydrogens (primary N) is 1. The molecule has 6 N–H and O–H groups in total. The van der Waals surface area contributed by atoms with Gasteiger partial charge in [-0.15, -0.1) is 0 Å². The van der Waals surface area contributed by atoms with Crippen LogP contribution in [0.3, 0.4) is 0 Å². The van der Waals surface area contributed by atoms with Gasteiger partial charge in [-0.2, -0.15) is 8.42 Å². The van der Waals surface area contributed by atoms with Crippen LogP contribution in [0.2, 0.25) is 0 Å². The van der Waals surface area contributed by atoms with Crippen LogP contribution in [-0.2, 0) is 10.1 Å². The summed E-state index contributed by atoms with van der Waals surface area (Å²) in [6, 6.07) is 16.4. The second kappa shape index (κ2) is 11.8. The third-order valence-corrected chi connectivity index (χ3v) is 4.68. The van der Waals surface area contributed by atoms with Crippen molar-refractivity contribution in [1.29, 1.82) is 5.41 Å². The van der Waals surface area contributed by atoms with Crippen LogP contribution in [0, 0.1) is 5.41 Å². The van der Waals surface area contributed by atoms with Gasteiger partial charge in [-0.3, -0.25) is 14.8 Å². The predicted molar refractivity (Wildman–Crippen MR) is 135 cm³/mol. The number of carbonyl (C=O) groups is 2. The minimum absolute atomic E-state index is 0.0714.